The summed E-state index contributed by atoms with van der Waals surface area (Å²) in [5.41, 5.74) is 0.485. The highest BCUT2D eigenvalue weighted by Crippen LogP contribution is 2.34. The van der Waals surface area contributed by atoms with E-state index in [1.54, 1.807) is 43.5 Å². The highest BCUT2D eigenvalue weighted by atomic mass is 16.5. The topological polar surface area (TPSA) is 97.3 Å². The van der Waals surface area contributed by atoms with Crippen LogP contribution in [0, 0.1) is 0 Å². The fourth-order valence-electron chi connectivity index (χ4n) is 3.88. The summed E-state index contributed by atoms with van der Waals surface area (Å²) in [6.45, 7) is 5.24. The van der Waals surface area contributed by atoms with E-state index < -0.39 is 23.6 Å². The van der Waals surface area contributed by atoms with Crippen LogP contribution >= 0.6 is 0 Å². The third-order valence-corrected chi connectivity index (χ3v) is 5.72. The Bertz CT molecular complexity index is 1010. The fourth-order valence-corrected chi connectivity index (χ4v) is 3.88. The van der Waals surface area contributed by atoms with Crippen molar-refractivity contribution >= 4 is 11.9 Å². The van der Waals surface area contributed by atoms with Crippen LogP contribution in [0.5, 0.6) is 17.2 Å². The van der Waals surface area contributed by atoms with Crippen molar-refractivity contribution in [3.63, 3.8) is 0 Å². The van der Waals surface area contributed by atoms with Crippen molar-refractivity contribution in [3.8, 4) is 17.2 Å². The van der Waals surface area contributed by atoms with Gasteiger partial charge < -0.3 is 24.6 Å². The summed E-state index contributed by atoms with van der Waals surface area (Å²) in [7, 11) is 3.09. The number of hydrogen-bond acceptors (Lipinski definition) is 6. The number of benzene rings is 2. The van der Waals surface area contributed by atoms with E-state index in [1.165, 1.54) is 7.11 Å². The largest absolute Gasteiger partial charge is 0.497 e. The van der Waals surface area contributed by atoms with Gasteiger partial charge in [-0.15, -0.1) is 6.58 Å². The third-order valence-electron chi connectivity index (χ3n) is 5.72. The Morgan fingerprint density at radius 3 is 2.45 bits per heavy atom. The zero-order chi connectivity index (χ0) is 24.0. The highest BCUT2D eigenvalue weighted by Gasteiger charge is 2.51. The molecule has 2 N–H and O–H groups in total. The van der Waals surface area contributed by atoms with Gasteiger partial charge in [0, 0.05) is 0 Å². The van der Waals surface area contributed by atoms with Gasteiger partial charge in [-0.1, -0.05) is 31.2 Å². The number of allylic oxidation sites excluding steroid dienone is 1. The van der Waals surface area contributed by atoms with Crippen LogP contribution in [0.3, 0.4) is 0 Å². The van der Waals surface area contributed by atoms with Crippen LogP contribution in [0.2, 0.25) is 0 Å². The van der Waals surface area contributed by atoms with Crippen LogP contribution in [0.1, 0.15) is 24.5 Å². The number of nitrogens with zero attached hydrogens (tertiary/aromatic N) is 1. The molecule has 3 amide bonds. The summed E-state index contributed by atoms with van der Waals surface area (Å²) in [6, 6.07) is 11.9. The van der Waals surface area contributed by atoms with Crippen LogP contribution < -0.4 is 19.5 Å². The first-order valence-electron chi connectivity index (χ1n) is 10.8. The molecule has 176 valence electrons. The predicted octanol–water partition coefficient (Wildman–Crippen LogP) is 3.03. The Kier molecular flexibility index (Phi) is 7.60. The van der Waals surface area contributed by atoms with Crippen molar-refractivity contribution in [1.82, 2.24) is 10.2 Å². The van der Waals surface area contributed by atoms with Gasteiger partial charge in [-0.05, 0) is 48.2 Å². The number of rotatable bonds is 11. The molecule has 0 radical (unpaired) electrons. The molecule has 0 aliphatic carbocycles. The maximum absolute atomic E-state index is 13.3. The molecule has 2 atom stereocenters. The maximum atomic E-state index is 13.3. The van der Waals surface area contributed by atoms with Crippen molar-refractivity contribution in [2.75, 3.05) is 27.4 Å². The van der Waals surface area contributed by atoms with Crippen molar-refractivity contribution in [2.24, 2.45) is 0 Å². The van der Waals surface area contributed by atoms with Gasteiger partial charge in [-0.3, -0.25) is 9.69 Å². The lowest BCUT2D eigenvalue weighted by molar-refractivity contribution is -0.133. The molecule has 0 saturated carbocycles. The normalized spacial score (nSPS) is 18.6. The SMILES string of the molecule is C=CCc1ccc(OC[C@@H](O)CN2C(=O)N[C@](CC)(c3ccc(OC)cc3)C2=O)c(OC)c1. The molecule has 0 aromatic heterocycles. The summed E-state index contributed by atoms with van der Waals surface area (Å²) in [4.78, 5) is 27.0. The van der Waals surface area contributed by atoms with Gasteiger partial charge in [0.2, 0.25) is 0 Å². The number of amides is 3. The number of β-amino-alcohol motifs (C(OH)–C–C–N with tert-alkyl or cyclic N) is 1. The fraction of sp³-hybridized carbons (Fsp3) is 0.360. The van der Waals surface area contributed by atoms with Crippen LogP contribution in [-0.4, -0.2) is 55.4 Å². The van der Waals surface area contributed by atoms with Gasteiger partial charge in [0.1, 0.15) is 24.0 Å². The highest BCUT2D eigenvalue weighted by molar-refractivity contribution is 6.07. The van der Waals surface area contributed by atoms with Crippen molar-refractivity contribution in [2.45, 2.75) is 31.4 Å². The number of nitrogens with one attached hydrogen (secondary N) is 1. The molecule has 0 spiro atoms. The average Bonchev–Trinajstić information content (AvgIpc) is 3.08. The van der Waals surface area contributed by atoms with Gasteiger partial charge in [-0.25, -0.2) is 4.79 Å². The van der Waals surface area contributed by atoms with Crippen LogP contribution in [-0.2, 0) is 16.8 Å². The lowest BCUT2D eigenvalue weighted by atomic mass is 9.87. The monoisotopic (exact) mass is 454 g/mol. The molecule has 1 heterocycles. The average molecular weight is 455 g/mol. The van der Waals surface area contributed by atoms with E-state index in [0.717, 1.165) is 10.5 Å². The molecule has 1 aliphatic heterocycles. The second-order valence-corrected chi connectivity index (χ2v) is 7.78. The summed E-state index contributed by atoms with van der Waals surface area (Å²) in [5.74, 6) is 1.23. The van der Waals surface area contributed by atoms with Gasteiger partial charge in [0.25, 0.3) is 5.91 Å². The first kappa shape index (κ1) is 24.1. The number of urea groups is 1. The molecule has 0 bridgehead atoms. The molecule has 8 heteroatoms. The smallest absolute Gasteiger partial charge is 0.325 e. The van der Waals surface area contributed by atoms with Crippen molar-refractivity contribution < 1.29 is 28.9 Å². The van der Waals surface area contributed by atoms with Crippen molar-refractivity contribution in [3.05, 3.63) is 66.2 Å². The number of carbonyl (C=O) groups is 2. The third kappa shape index (κ3) is 4.96. The quantitative estimate of drug-likeness (QED) is 0.400. The van der Waals surface area contributed by atoms with E-state index in [-0.39, 0.29) is 13.2 Å². The van der Waals surface area contributed by atoms with E-state index in [0.29, 0.717) is 35.7 Å². The minimum absolute atomic E-state index is 0.115. The maximum Gasteiger partial charge on any atom is 0.325 e. The standard InChI is InChI=1S/C25H30N2O6/c1-5-7-17-8-13-21(22(14-17)32-4)33-16-19(28)15-27-23(29)25(6-2,26-24(27)30)18-9-11-20(31-3)12-10-18/h5,8-14,19,28H,1,6-7,15-16H2,2-4H3,(H,26,30)/t19-,25+/m0/s1. The second-order valence-electron chi connectivity index (χ2n) is 7.78. The zero-order valence-corrected chi connectivity index (χ0v) is 19.2. The molecular weight excluding hydrogens is 424 g/mol. The van der Waals surface area contributed by atoms with E-state index in [4.69, 9.17) is 14.2 Å². The minimum atomic E-state index is -1.19. The van der Waals surface area contributed by atoms with Crippen LogP contribution in [0.25, 0.3) is 0 Å². The molecule has 1 saturated heterocycles. The van der Waals surface area contributed by atoms with Crippen LogP contribution in [0.4, 0.5) is 4.79 Å². The molecule has 8 nitrogen and oxygen atoms in total. The Morgan fingerprint density at radius 1 is 1.12 bits per heavy atom. The molecule has 3 rings (SSSR count). The van der Waals surface area contributed by atoms with E-state index in [2.05, 4.69) is 11.9 Å². The Balaban J connectivity index is 1.68. The molecule has 2 aromatic rings. The Labute approximate surface area is 193 Å². The number of ether oxygens (including phenoxy) is 3. The van der Waals surface area contributed by atoms with E-state index in [9.17, 15) is 14.7 Å². The Morgan fingerprint density at radius 2 is 1.85 bits per heavy atom. The lowest BCUT2D eigenvalue weighted by Crippen LogP contribution is -2.44. The summed E-state index contributed by atoms with van der Waals surface area (Å²) in [6.07, 6.45) is 1.76. The van der Waals surface area contributed by atoms with Gasteiger partial charge in [0.15, 0.2) is 11.5 Å². The zero-order valence-electron chi connectivity index (χ0n) is 19.2. The van der Waals surface area contributed by atoms with E-state index >= 15 is 0 Å². The van der Waals surface area contributed by atoms with E-state index in [1.807, 2.05) is 19.1 Å². The Hall–Kier alpha value is -3.52. The van der Waals surface area contributed by atoms with Crippen molar-refractivity contribution in [1.29, 1.82) is 0 Å². The van der Waals surface area contributed by atoms with Crippen LogP contribution in [0.15, 0.2) is 55.1 Å². The summed E-state index contributed by atoms with van der Waals surface area (Å²) >= 11 is 0. The first-order chi connectivity index (χ1) is 15.9. The van der Waals surface area contributed by atoms with Gasteiger partial charge in [-0.2, -0.15) is 0 Å². The summed E-state index contributed by atoms with van der Waals surface area (Å²) < 4.78 is 16.2. The molecule has 2 aromatic carbocycles. The number of hydrogen-bond donors (Lipinski definition) is 2. The number of carbonyl (C=O) groups excluding carboxylic acids is 2. The number of methoxy groups -OCH3 is 2. The minimum Gasteiger partial charge on any atom is -0.497 e. The lowest BCUT2D eigenvalue weighted by Gasteiger charge is -2.26. The predicted molar refractivity (Wildman–Crippen MR) is 124 cm³/mol. The molecule has 0 unspecified atom stereocenters. The molecule has 33 heavy (non-hydrogen) atoms. The number of aliphatic hydroxyl groups is 1. The second kappa shape index (κ2) is 10.4. The molecule has 1 fully saturated rings. The first-order valence-corrected chi connectivity index (χ1v) is 10.8. The number of aliphatic hydroxyl groups excluding tert-OH is 1. The van der Waals surface area contributed by atoms with Gasteiger partial charge >= 0.3 is 6.03 Å². The van der Waals surface area contributed by atoms with Gasteiger partial charge in [0.05, 0.1) is 20.8 Å². The molecular formula is C25H30N2O6. The molecule has 1 aliphatic rings. The summed E-state index contributed by atoms with van der Waals surface area (Å²) in [5, 5.41) is 13.3. The number of imide groups is 1.